The highest BCUT2D eigenvalue weighted by Crippen LogP contribution is 2.28. The fraction of sp³-hybridized carbons (Fsp3) is 0.286. The minimum Gasteiger partial charge on any atom is -0.408 e. The predicted molar refractivity (Wildman–Crippen MR) is 99.8 cm³/mol. The van der Waals surface area contributed by atoms with Crippen LogP contribution < -0.4 is 5.32 Å². The van der Waals surface area contributed by atoms with Gasteiger partial charge in [0.25, 0.3) is 5.91 Å². The van der Waals surface area contributed by atoms with Gasteiger partial charge in [0.15, 0.2) is 0 Å². The molecule has 3 aromatic rings. The molecule has 1 heterocycles. The Balaban J connectivity index is 1.39. The van der Waals surface area contributed by atoms with Gasteiger partial charge >= 0.3 is 6.01 Å². The van der Waals surface area contributed by atoms with Crippen LogP contribution in [-0.4, -0.2) is 16.1 Å². The lowest BCUT2D eigenvalue weighted by Crippen LogP contribution is -2.11. The van der Waals surface area contributed by atoms with E-state index in [1.54, 1.807) is 12.1 Å². The van der Waals surface area contributed by atoms with E-state index in [1.165, 1.54) is 25.7 Å². The Hall–Kier alpha value is -2.95. The first-order valence-electron chi connectivity index (χ1n) is 9.07. The van der Waals surface area contributed by atoms with Gasteiger partial charge in [-0.05, 0) is 42.0 Å². The first-order valence-corrected chi connectivity index (χ1v) is 9.07. The number of hydrogen-bond donors (Lipinski definition) is 1. The lowest BCUT2D eigenvalue weighted by atomic mass is 10.0. The number of carbonyl (C=O) groups excluding carboxylic acids is 1. The van der Waals surface area contributed by atoms with E-state index >= 15 is 0 Å². The minimum atomic E-state index is -0.249. The standard InChI is InChI=1S/C21H21N3O2/c25-20(18-12-10-17(11-13-18)16-8-2-1-3-9-16)22-21-24-23-19(26-21)14-15-6-4-5-7-15/h1-3,8-13,15H,4-7,14H2,(H,22,24,25). The number of anilines is 1. The van der Waals surface area contributed by atoms with Gasteiger partial charge in [-0.25, -0.2) is 0 Å². The molecule has 2 aromatic carbocycles. The summed E-state index contributed by atoms with van der Waals surface area (Å²) >= 11 is 0. The van der Waals surface area contributed by atoms with Gasteiger partial charge in [0.05, 0.1) is 0 Å². The molecular formula is C21H21N3O2. The van der Waals surface area contributed by atoms with Crippen LogP contribution in [0.1, 0.15) is 41.9 Å². The van der Waals surface area contributed by atoms with Crippen molar-refractivity contribution in [1.29, 1.82) is 0 Å². The molecule has 0 atom stereocenters. The van der Waals surface area contributed by atoms with Gasteiger partial charge in [0, 0.05) is 12.0 Å². The van der Waals surface area contributed by atoms with E-state index in [-0.39, 0.29) is 11.9 Å². The zero-order valence-electron chi connectivity index (χ0n) is 14.5. The zero-order valence-corrected chi connectivity index (χ0v) is 14.5. The molecule has 0 unspecified atom stereocenters. The van der Waals surface area contributed by atoms with Gasteiger partial charge in [-0.2, -0.15) is 0 Å². The molecule has 1 saturated carbocycles. The molecule has 132 valence electrons. The molecule has 1 fully saturated rings. The second-order valence-corrected chi connectivity index (χ2v) is 6.75. The lowest BCUT2D eigenvalue weighted by Gasteiger charge is -2.04. The van der Waals surface area contributed by atoms with Crippen molar-refractivity contribution in [3.05, 3.63) is 66.1 Å². The van der Waals surface area contributed by atoms with E-state index in [1.807, 2.05) is 42.5 Å². The van der Waals surface area contributed by atoms with Crippen molar-refractivity contribution >= 4 is 11.9 Å². The number of carbonyl (C=O) groups is 1. The van der Waals surface area contributed by atoms with Gasteiger partial charge in [-0.1, -0.05) is 60.4 Å². The number of nitrogens with one attached hydrogen (secondary N) is 1. The first-order chi connectivity index (χ1) is 12.8. The van der Waals surface area contributed by atoms with Crippen LogP contribution in [0.3, 0.4) is 0 Å². The van der Waals surface area contributed by atoms with Gasteiger partial charge in [-0.15, -0.1) is 5.10 Å². The zero-order chi connectivity index (χ0) is 17.8. The maximum absolute atomic E-state index is 12.4. The number of nitrogens with zero attached hydrogens (tertiary/aromatic N) is 2. The SMILES string of the molecule is O=C(Nc1nnc(CC2CCCC2)o1)c1ccc(-c2ccccc2)cc1. The van der Waals surface area contributed by atoms with E-state index in [9.17, 15) is 4.79 Å². The third-order valence-electron chi connectivity index (χ3n) is 4.88. The molecule has 5 nitrogen and oxygen atoms in total. The molecule has 0 radical (unpaired) electrons. The highest BCUT2D eigenvalue weighted by molar-refractivity contribution is 6.03. The molecule has 1 N–H and O–H groups in total. The third-order valence-corrected chi connectivity index (χ3v) is 4.88. The Bertz CT molecular complexity index is 866. The summed E-state index contributed by atoms with van der Waals surface area (Å²) in [6.45, 7) is 0. The normalized spacial score (nSPS) is 14.5. The van der Waals surface area contributed by atoms with Crippen molar-refractivity contribution in [2.75, 3.05) is 5.32 Å². The van der Waals surface area contributed by atoms with Crippen molar-refractivity contribution < 1.29 is 9.21 Å². The first kappa shape index (κ1) is 16.5. The highest BCUT2D eigenvalue weighted by atomic mass is 16.4. The van der Waals surface area contributed by atoms with Crippen molar-refractivity contribution in [3.63, 3.8) is 0 Å². The van der Waals surface area contributed by atoms with Gasteiger partial charge in [0.2, 0.25) is 5.89 Å². The number of amides is 1. The molecule has 0 aliphatic heterocycles. The van der Waals surface area contributed by atoms with Crippen LogP contribution in [0.5, 0.6) is 0 Å². The summed E-state index contributed by atoms with van der Waals surface area (Å²) in [5.41, 5.74) is 2.74. The fourth-order valence-corrected chi connectivity index (χ4v) is 3.46. The molecule has 0 spiro atoms. The number of rotatable bonds is 5. The van der Waals surface area contributed by atoms with Gasteiger partial charge in [-0.3, -0.25) is 10.1 Å². The molecule has 0 bridgehead atoms. The van der Waals surface area contributed by atoms with Gasteiger partial charge in [0.1, 0.15) is 0 Å². The lowest BCUT2D eigenvalue weighted by molar-refractivity contribution is 0.102. The molecule has 0 saturated heterocycles. The molecule has 4 rings (SSSR count). The maximum atomic E-state index is 12.4. The summed E-state index contributed by atoms with van der Waals surface area (Å²) in [4.78, 5) is 12.4. The molecule has 1 aliphatic rings. The third kappa shape index (κ3) is 3.82. The topological polar surface area (TPSA) is 68.0 Å². The Labute approximate surface area is 152 Å². The van der Waals surface area contributed by atoms with Gasteiger partial charge < -0.3 is 4.42 Å². The fourth-order valence-electron chi connectivity index (χ4n) is 3.46. The quantitative estimate of drug-likeness (QED) is 0.725. The summed E-state index contributed by atoms with van der Waals surface area (Å²) in [7, 11) is 0. The predicted octanol–water partition coefficient (Wildman–Crippen LogP) is 4.72. The van der Waals surface area contributed by atoms with Crippen molar-refractivity contribution in [3.8, 4) is 11.1 Å². The highest BCUT2D eigenvalue weighted by Gasteiger charge is 2.19. The van der Waals surface area contributed by atoms with Crippen LogP contribution in [0.25, 0.3) is 11.1 Å². The summed E-state index contributed by atoms with van der Waals surface area (Å²) in [5.74, 6) is 0.983. The average molecular weight is 347 g/mol. The summed E-state index contributed by atoms with van der Waals surface area (Å²) < 4.78 is 5.58. The van der Waals surface area contributed by atoms with Crippen LogP contribution in [-0.2, 0) is 6.42 Å². The number of benzene rings is 2. The Morgan fingerprint density at radius 1 is 0.962 bits per heavy atom. The summed E-state index contributed by atoms with van der Waals surface area (Å²) in [6, 6.07) is 17.7. The molecule has 26 heavy (non-hydrogen) atoms. The molecule has 1 aliphatic carbocycles. The van der Waals surface area contributed by atoms with Crippen LogP contribution >= 0.6 is 0 Å². The van der Waals surface area contributed by atoms with E-state index in [0.717, 1.165) is 17.5 Å². The summed E-state index contributed by atoms with van der Waals surface area (Å²) in [6.07, 6.45) is 5.80. The Morgan fingerprint density at radius 3 is 2.38 bits per heavy atom. The van der Waals surface area contributed by atoms with Crippen molar-refractivity contribution in [2.45, 2.75) is 32.1 Å². The van der Waals surface area contributed by atoms with Crippen molar-refractivity contribution in [2.24, 2.45) is 5.92 Å². The average Bonchev–Trinajstić information content (AvgIpc) is 3.35. The van der Waals surface area contributed by atoms with E-state index in [4.69, 9.17) is 4.42 Å². The van der Waals surface area contributed by atoms with E-state index in [0.29, 0.717) is 17.4 Å². The Morgan fingerprint density at radius 2 is 1.65 bits per heavy atom. The van der Waals surface area contributed by atoms with Crippen LogP contribution in [0.2, 0.25) is 0 Å². The minimum absolute atomic E-state index is 0.162. The second-order valence-electron chi connectivity index (χ2n) is 6.75. The Kier molecular flexibility index (Phi) is 4.78. The molecular weight excluding hydrogens is 326 g/mol. The van der Waals surface area contributed by atoms with E-state index in [2.05, 4.69) is 15.5 Å². The molecule has 5 heteroatoms. The second kappa shape index (κ2) is 7.52. The summed E-state index contributed by atoms with van der Waals surface area (Å²) in [5, 5.41) is 10.7. The van der Waals surface area contributed by atoms with Crippen LogP contribution in [0.4, 0.5) is 6.01 Å². The van der Waals surface area contributed by atoms with Crippen molar-refractivity contribution in [1.82, 2.24) is 10.2 Å². The smallest absolute Gasteiger partial charge is 0.322 e. The monoisotopic (exact) mass is 347 g/mol. The number of hydrogen-bond acceptors (Lipinski definition) is 4. The molecule has 1 amide bonds. The largest absolute Gasteiger partial charge is 0.408 e. The molecule has 1 aromatic heterocycles. The van der Waals surface area contributed by atoms with Crippen LogP contribution in [0, 0.1) is 5.92 Å². The number of aromatic nitrogens is 2. The van der Waals surface area contributed by atoms with E-state index < -0.39 is 0 Å². The maximum Gasteiger partial charge on any atom is 0.322 e. The van der Waals surface area contributed by atoms with Crippen LogP contribution in [0.15, 0.2) is 59.0 Å².